The van der Waals surface area contributed by atoms with Crippen LogP contribution in [-0.4, -0.2) is 25.5 Å². The Balaban J connectivity index is 1.24. The third-order valence-corrected chi connectivity index (χ3v) is 9.66. The van der Waals surface area contributed by atoms with Gasteiger partial charge in [-0.1, -0.05) is 30.3 Å². The fourth-order valence-electron chi connectivity index (χ4n) is 6.66. The molecule has 2 atom stereocenters. The number of hydrogen-bond acceptors (Lipinski definition) is 6. The number of aromatic nitrogens is 2. The number of nitrogens with zero attached hydrogens (tertiary/aromatic N) is 3. The highest BCUT2D eigenvalue weighted by Gasteiger charge is 2.61. The molecule has 42 heavy (non-hydrogen) atoms. The maximum Gasteiger partial charge on any atom is 0.416 e. The average Bonchev–Trinajstić information content (AvgIpc) is 3.55. The first kappa shape index (κ1) is 26.7. The van der Waals surface area contributed by atoms with Gasteiger partial charge in [-0.2, -0.15) is 18.4 Å². The summed E-state index contributed by atoms with van der Waals surface area (Å²) >= 11 is 1.49. The minimum absolute atomic E-state index is 0.0883. The van der Waals surface area contributed by atoms with E-state index >= 15 is 0 Å². The van der Waals surface area contributed by atoms with E-state index in [4.69, 9.17) is 4.74 Å². The van der Waals surface area contributed by atoms with E-state index in [9.17, 15) is 28.6 Å². The smallest absolute Gasteiger partial charge is 0.416 e. The number of nitriles is 1. The van der Waals surface area contributed by atoms with Gasteiger partial charge in [0.2, 0.25) is 11.8 Å². The van der Waals surface area contributed by atoms with E-state index in [1.54, 1.807) is 18.2 Å². The molecule has 2 aliphatic heterocycles. The van der Waals surface area contributed by atoms with E-state index in [1.165, 1.54) is 28.6 Å². The van der Waals surface area contributed by atoms with Crippen molar-refractivity contribution in [1.82, 2.24) is 9.55 Å². The van der Waals surface area contributed by atoms with Gasteiger partial charge in [-0.05, 0) is 56.5 Å². The van der Waals surface area contributed by atoms with Crippen LogP contribution in [0.2, 0.25) is 0 Å². The summed E-state index contributed by atoms with van der Waals surface area (Å²) in [6, 6.07) is 18.3. The first-order valence-electron chi connectivity index (χ1n) is 13.5. The Bertz CT molecular complexity index is 1960. The van der Waals surface area contributed by atoms with Crippen molar-refractivity contribution in [3.05, 3.63) is 89.1 Å². The second-order valence-corrected chi connectivity index (χ2v) is 12.1. The molecule has 212 valence electrons. The molecule has 4 heterocycles. The highest BCUT2D eigenvalue weighted by molar-refractivity contribution is 7.99. The number of hydrogen-bond donors (Lipinski definition) is 2. The number of aromatic hydroxyl groups is 2. The second-order valence-electron chi connectivity index (χ2n) is 11.0. The quantitative estimate of drug-likeness (QED) is 0.203. The van der Waals surface area contributed by atoms with Gasteiger partial charge in [0.25, 0.3) is 0 Å². The lowest BCUT2D eigenvalue weighted by Crippen LogP contribution is -2.23. The first-order valence-corrected chi connectivity index (χ1v) is 14.4. The van der Waals surface area contributed by atoms with Crippen LogP contribution >= 0.6 is 11.8 Å². The fourth-order valence-corrected chi connectivity index (χ4v) is 7.80. The lowest BCUT2D eigenvalue weighted by atomic mass is 9.78. The van der Waals surface area contributed by atoms with Crippen molar-refractivity contribution in [1.29, 1.82) is 5.26 Å². The Hall–Kier alpha value is -4.20. The fraction of sp³-hybridized carbons (Fsp3) is 0.250. The zero-order chi connectivity index (χ0) is 29.4. The van der Waals surface area contributed by atoms with Crippen molar-refractivity contribution in [2.45, 2.75) is 48.5 Å². The monoisotopic (exact) mass is 587 g/mol. The van der Waals surface area contributed by atoms with Gasteiger partial charge in [-0.15, -0.1) is 11.8 Å². The molecule has 2 aromatic heterocycles. The summed E-state index contributed by atoms with van der Waals surface area (Å²) in [6.07, 6.45) is -1.12. The number of thioether (sulfide) groups is 1. The van der Waals surface area contributed by atoms with Gasteiger partial charge in [0.1, 0.15) is 5.60 Å². The standard InChI is InChI=1S/C32H24F3N3O3S/c1-30-11-12-31(41-30,13-15-42-25-10-14-37-23-16-19(32(33,34)35)7-8-22(23)25)27-26(30)28(39)38(29(27)40)24-9-6-18(17-36)20-4-2-3-5-21(20)24/h2-10,14,16,39-40H,11-13,15H2,1H3/t30-,31-/m0/s1. The van der Waals surface area contributed by atoms with Gasteiger partial charge in [0, 0.05) is 33.0 Å². The number of benzene rings is 3. The molecule has 10 heteroatoms. The van der Waals surface area contributed by atoms with Crippen LogP contribution in [0.5, 0.6) is 11.8 Å². The van der Waals surface area contributed by atoms with E-state index in [0.29, 0.717) is 58.2 Å². The summed E-state index contributed by atoms with van der Waals surface area (Å²) in [4.78, 5) is 4.95. The third-order valence-electron chi connectivity index (χ3n) is 8.59. The minimum Gasteiger partial charge on any atom is -0.494 e. The van der Waals surface area contributed by atoms with Crippen molar-refractivity contribution >= 4 is 33.4 Å². The lowest BCUT2D eigenvalue weighted by Gasteiger charge is -2.26. The molecule has 5 aromatic rings. The molecule has 7 rings (SSSR count). The number of pyridine rings is 1. The molecule has 1 fully saturated rings. The molecule has 0 aliphatic carbocycles. The number of ether oxygens (including phenoxy) is 1. The lowest BCUT2D eigenvalue weighted by molar-refractivity contribution is -0.137. The highest BCUT2D eigenvalue weighted by atomic mass is 32.2. The Labute approximate surface area is 243 Å². The van der Waals surface area contributed by atoms with Gasteiger partial charge in [0.15, 0.2) is 0 Å². The van der Waals surface area contributed by atoms with Crippen molar-refractivity contribution in [2.75, 3.05) is 5.75 Å². The number of halogens is 3. The van der Waals surface area contributed by atoms with E-state index < -0.39 is 22.9 Å². The first-order chi connectivity index (χ1) is 20.1. The molecule has 0 radical (unpaired) electrons. The Morgan fingerprint density at radius 2 is 1.76 bits per heavy atom. The number of alkyl halides is 3. The topological polar surface area (TPSA) is 91.3 Å². The summed E-state index contributed by atoms with van der Waals surface area (Å²) in [7, 11) is 0. The Morgan fingerprint density at radius 3 is 2.52 bits per heavy atom. The molecular weight excluding hydrogens is 563 g/mol. The molecule has 2 aliphatic rings. The zero-order valence-corrected chi connectivity index (χ0v) is 23.2. The molecule has 2 bridgehead atoms. The SMILES string of the molecule is C[C@@]12CC[C@@](CCSc3ccnc4cc(C(F)(F)F)ccc34)(O1)c1c2c(O)n(-c2ccc(C#N)c3ccccc23)c1O. The van der Waals surface area contributed by atoms with Crippen LogP contribution in [0.25, 0.3) is 27.4 Å². The minimum atomic E-state index is -4.45. The van der Waals surface area contributed by atoms with E-state index in [-0.39, 0.29) is 17.3 Å². The molecular formula is C32H24F3N3O3S. The van der Waals surface area contributed by atoms with Crippen molar-refractivity contribution in [2.24, 2.45) is 0 Å². The Kier molecular flexibility index (Phi) is 5.81. The number of rotatable bonds is 5. The van der Waals surface area contributed by atoms with Crippen LogP contribution in [0, 0.1) is 11.3 Å². The molecule has 6 nitrogen and oxygen atoms in total. The summed E-state index contributed by atoms with van der Waals surface area (Å²) in [6.45, 7) is 1.92. The normalized spacial score (nSPS) is 21.2. The average molecular weight is 588 g/mol. The summed E-state index contributed by atoms with van der Waals surface area (Å²) in [5.41, 5.74) is 0.102. The van der Waals surface area contributed by atoms with Gasteiger partial charge < -0.3 is 14.9 Å². The number of fused-ring (bicyclic) bond motifs is 7. The summed E-state index contributed by atoms with van der Waals surface area (Å²) in [5.74, 6) is 0.371. The van der Waals surface area contributed by atoms with Crippen LogP contribution in [0.3, 0.4) is 0 Å². The molecule has 0 unspecified atom stereocenters. The molecule has 2 N–H and O–H groups in total. The third kappa shape index (κ3) is 3.80. The molecule has 1 saturated heterocycles. The second kappa shape index (κ2) is 9.15. The largest absolute Gasteiger partial charge is 0.494 e. The molecule has 0 amide bonds. The van der Waals surface area contributed by atoms with Crippen molar-refractivity contribution < 1.29 is 28.1 Å². The van der Waals surface area contributed by atoms with E-state index in [2.05, 4.69) is 11.1 Å². The molecule has 0 saturated carbocycles. The van der Waals surface area contributed by atoms with Gasteiger partial charge >= 0.3 is 6.18 Å². The Morgan fingerprint density at radius 1 is 1.00 bits per heavy atom. The molecule has 0 spiro atoms. The van der Waals surface area contributed by atoms with Crippen molar-refractivity contribution in [3.63, 3.8) is 0 Å². The van der Waals surface area contributed by atoms with Crippen molar-refractivity contribution in [3.8, 4) is 23.5 Å². The summed E-state index contributed by atoms with van der Waals surface area (Å²) < 4.78 is 47.7. The van der Waals surface area contributed by atoms with E-state index in [0.717, 1.165) is 22.4 Å². The molecule has 3 aromatic carbocycles. The predicted octanol–water partition coefficient (Wildman–Crippen LogP) is 7.90. The van der Waals surface area contributed by atoms with Gasteiger partial charge in [0.05, 0.1) is 45.1 Å². The van der Waals surface area contributed by atoms with Crippen LogP contribution in [0.1, 0.15) is 48.4 Å². The van der Waals surface area contributed by atoms with Crippen LogP contribution in [0.4, 0.5) is 13.2 Å². The summed E-state index contributed by atoms with van der Waals surface area (Å²) in [5, 5.41) is 34.9. The van der Waals surface area contributed by atoms with Gasteiger partial charge in [-0.25, -0.2) is 0 Å². The van der Waals surface area contributed by atoms with E-state index in [1.807, 2.05) is 31.2 Å². The van der Waals surface area contributed by atoms with Crippen LogP contribution in [0.15, 0.2) is 71.8 Å². The van der Waals surface area contributed by atoms with Gasteiger partial charge in [-0.3, -0.25) is 9.55 Å². The predicted molar refractivity (Wildman–Crippen MR) is 153 cm³/mol. The van der Waals surface area contributed by atoms with Crippen LogP contribution in [-0.2, 0) is 22.1 Å². The van der Waals surface area contributed by atoms with Crippen LogP contribution < -0.4 is 0 Å². The maximum absolute atomic E-state index is 13.2. The maximum atomic E-state index is 13.2. The zero-order valence-electron chi connectivity index (χ0n) is 22.4. The highest BCUT2D eigenvalue weighted by Crippen LogP contribution is 2.66.